The lowest BCUT2D eigenvalue weighted by Crippen LogP contribution is -2.49. The van der Waals surface area contributed by atoms with Crippen LogP contribution < -0.4 is 10.2 Å². The van der Waals surface area contributed by atoms with Gasteiger partial charge in [0.25, 0.3) is 0 Å². The summed E-state index contributed by atoms with van der Waals surface area (Å²) in [6.45, 7) is 1.14. The minimum absolute atomic E-state index is 0.325. The van der Waals surface area contributed by atoms with Crippen molar-refractivity contribution in [2.24, 2.45) is 0 Å². The van der Waals surface area contributed by atoms with Crippen LogP contribution in [0.2, 0.25) is 0 Å². The van der Waals surface area contributed by atoms with Crippen molar-refractivity contribution in [3.63, 3.8) is 0 Å². The zero-order valence-corrected chi connectivity index (χ0v) is 11.2. The minimum Gasteiger partial charge on any atom is -0.375 e. The van der Waals surface area contributed by atoms with E-state index in [9.17, 15) is 0 Å². The highest BCUT2D eigenvalue weighted by Gasteiger charge is 2.39. The number of hydrogen-bond donors (Lipinski definition) is 1. The molecular weight excluding hydrogens is 264 g/mol. The zero-order valence-electron chi connectivity index (χ0n) is 9.59. The summed E-state index contributed by atoms with van der Waals surface area (Å²) in [6.07, 6.45) is 5.33. The first-order valence-corrected chi connectivity index (χ1v) is 6.77. The zero-order chi connectivity index (χ0) is 11.2. The van der Waals surface area contributed by atoms with Crippen LogP contribution in [0.3, 0.4) is 0 Å². The standard InChI is InChI=1S/C13H17BrN2/c1-16-9-13(7-2-3-8-13)15-12-10(14)5-4-6-11(12)16/h4-6,15H,2-3,7-9H2,1H3. The maximum Gasteiger partial charge on any atom is 0.0727 e. The number of halogens is 1. The molecule has 3 rings (SSSR count). The first-order chi connectivity index (χ1) is 7.70. The van der Waals surface area contributed by atoms with E-state index >= 15 is 0 Å². The van der Waals surface area contributed by atoms with E-state index in [0.29, 0.717) is 5.54 Å². The van der Waals surface area contributed by atoms with Gasteiger partial charge in [-0.3, -0.25) is 0 Å². The Kier molecular flexibility index (Phi) is 2.39. The Bertz CT molecular complexity index is 410. The molecule has 1 spiro atoms. The molecule has 1 heterocycles. The number of hydrogen-bond acceptors (Lipinski definition) is 2. The van der Waals surface area contributed by atoms with Crippen molar-refractivity contribution >= 4 is 27.3 Å². The Balaban J connectivity index is 2.04. The number of likely N-dealkylation sites (N-methyl/N-ethyl adjacent to an activating group) is 1. The molecular formula is C13H17BrN2. The average Bonchev–Trinajstić information content (AvgIpc) is 2.68. The third-order valence-electron chi connectivity index (χ3n) is 3.89. The summed E-state index contributed by atoms with van der Waals surface area (Å²) in [7, 11) is 2.20. The Labute approximate surface area is 105 Å². The lowest BCUT2D eigenvalue weighted by atomic mass is 9.93. The number of para-hydroxylation sites is 1. The van der Waals surface area contributed by atoms with Gasteiger partial charge in [-0.15, -0.1) is 0 Å². The number of anilines is 2. The molecule has 1 fully saturated rings. The molecule has 1 aromatic carbocycles. The van der Waals surface area contributed by atoms with Crippen molar-refractivity contribution in [1.82, 2.24) is 0 Å². The first kappa shape index (κ1) is 10.5. The average molecular weight is 281 g/mol. The van der Waals surface area contributed by atoms with Crippen molar-refractivity contribution in [2.45, 2.75) is 31.2 Å². The van der Waals surface area contributed by atoms with Gasteiger partial charge >= 0.3 is 0 Å². The van der Waals surface area contributed by atoms with Gasteiger partial charge in [-0.2, -0.15) is 0 Å². The van der Waals surface area contributed by atoms with E-state index in [1.54, 1.807) is 0 Å². The summed E-state index contributed by atoms with van der Waals surface area (Å²) >= 11 is 3.65. The van der Waals surface area contributed by atoms with Crippen LogP contribution in [-0.4, -0.2) is 19.1 Å². The Hall–Kier alpha value is -0.700. The third-order valence-corrected chi connectivity index (χ3v) is 4.55. The van der Waals surface area contributed by atoms with E-state index in [2.05, 4.69) is 51.4 Å². The van der Waals surface area contributed by atoms with Crippen LogP contribution >= 0.6 is 15.9 Å². The second kappa shape index (κ2) is 3.66. The van der Waals surface area contributed by atoms with E-state index in [4.69, 9.17) is 0 Å². The van der Waals surface area contributed by atoms with Crippen molar-refractivity contribution in [3.05, 3.63) is 22.7 Å². The van der Waals surface area contributed by atoms with Crippen LogP contribution in [0.1, 0.15) is 25.7 Å². The number of rotatable bonds is 0. The molecule has 2 nitrogen and oxygen atoms in total. The smallest absolute Gasteiger partial charge is 0.0727 e. The van der Waals surface area contributed by atoms with Crippen molar-refractivity contribution < 1.29 is 0 Å². The topological polar surface area (TPSA) is 15.3 Å². The molecule has 0 unspecified atom stereocenters. The van der Waals surface area contributed by atoms with Crippen molar-refractivity contribution in [3.8, 4) is 0 Å². The van der Waals surface area contributed by atoms with Crippen molar-refractivity contribution in [2.75, 3.05) is 23.8 Å². The summed E-state index contributed by atoms with van der Waals surface area (Å²) in [5.74, 6) is 0. The number of benzene rings is 1. The molecule has 1 N–H and O–H groups in total. The third kappa shape index (κ3) is 1.53. The molecule has 1 aliphatic heterocycles. The summed E-state index contributed by atoms with van der Waals surface area (Å²) in [4.78, 5) is 2.39. The van der Waals surface area contributed by atoms with Gasteiger partial charge in [0.1, 0.15) is 0 Å². The van der Waals surface area contributed by atoms with E-state index in [-0.39, 0.29) is 0 Å². The van der Waals surface area contributed by atoms with E-state index in [1.807, 2.05) is 0 Å². The molecule has 3 heteroatoms. The number of fused-ring (bicyclic) bond motifs is 1. The lowest BCUT2D eigenvalue weighted by Gasteiger charge is -2.43. The predicted octanol–water partition coefficient (Wildman–Crippen LogP) is 3.62. The highest BCUT2D eigenvalue weighted by Crippen LogP contribution is 2.44. The number of nitrogens with zero attached hydrogens (tertiary/aromatic N) is 1. The molecule has 1 aromatic rings. The van der Waals surface area contributed by atoms with Gasteiger partial charge < -0.3 is 10.2 Å². The first-order valence-electron chi connectivity index (χ1n) is 5.98. The Morgan fingerprint density at radius 2 is 2.06 bits per heavy atom. The SMILES string of the molecule is CN1CC2(CCCC2)Nc2c(Br)cccc21. The Morgan fingerprint density at radius 1 is 1.31 bits per heavy atom. The molecule has 0 radical (unpaired) electrons. The van der Waals surface area contributed by atoms with Gasteiger partial charge in [-0.25, -0.2) is 0 Å². The summed E-state index contributed by atoms with van der Waals surface area (Å²) in [5, 5.41) is 3.78. The maximum absolute atomic E-state index is 3.78. The molecule has 0 amide bonds. The van der Waals surface area contributed by atoms with Crippen LogP contribution in [0.5, 0.6) is 0 Å². The molecule has 1 aliphatic carbocycles. The second-order valence-electron chi connectivity index (χ2n) is 5.10. The highest BCUT2D eigenvalue weighted by molar-refractivity contribution is 9.10. The molecule has 0 aromatic heterocycles. The fourth-order valence-electron chi connectivity index (χ4n) is 3.13. The van der Waals surface area contributed by atoms with Gasteiger partial charge in [0.2, 0.25) is 0 Å². The summed E-state index contributed by atoms with van der Waals surface area (Å²) < 4.78 is 1.18. The van der Waals surface area contributed by atoms with Gasteiger partial charge in [0.15, 0.2) is 0 Å². The fourth-order valence-corrected chi connectivity index (χ4v) is 3.59. The van der Waals surface area contributed by atoms with Gasteiger partial charge in [0.05, 0.1) is 16.9 Å². The van der Waals surface area contributed by atoms with Crippen LogP contribution in [0, 0.1) is 0 Å². The summed E-state index contributed by atoms with van der Waals surface area (Å²) in [5.41, 5.74) is 2.91. The van der Waals surface area contributed by atoms with Crippen LogP contribution in [-0.2, 0) is 0 Å². The summed E-state index contributed by atoms with van der Waals surface area (Å²) in [6, 6.07) is 6.41. The van der Waals surface area contributed by atoms with Crippen LogP contribution in [0.4, 0.5) is 11.4 Å². The quantitative estimate of drug-likeness (QED) is 0.781. The lowest BCUT2D eigenvalue weighted by molar-refractivity contribution is 0.472. The van der Waals surface area contributed by atoms with E-state index in [0.717, 1.165) is 6.54 Å². The van der Waals surface area contributed by atoms with Gasteiger partial charge in [-0.1, -0.05) is 18.9 Å². The van der Waals surface area contributed by atoms with E-state index < -0.39 is 0 Å². The van der Waals surface area contributed by atoms with E-state index in [1.165, 1.54) is 41.5 Å². The molecule has 0 bridgehead atoms. The van der Waals surface area contributed by atoms with Gasteiger partial charge in [-0.05, 0) is 40.9 Å². The fraction of sp³-hybridized carbons (Fsp3) is 0.538. The van der Waals surface area contributed by atoms with Crippen molar-refractivity contribution in [1.29, 1.82) is 0 Å². The molecule has 0 atom stereocenters. The van der Waals surface area contributed by atoms with Crippen LogP contribution in [0.15, 0.2) is 22.7 Å². The normalized spacial score (nSPS) is 22.0. The maximum atomic E-state index is 3.78. The highest BCUT2D eigenvalue weighted by atomic mass is 79.9. The molecule has 1 saturated carbocycles. The monoisotopic (exact) mass is 280 g/mol. The predicted molar refractivity (Wildman–Crippen MR) is 72.2 cm³/mol. The molecule has 2 aliphatic rings. The molecule has 86 valence electrons. The van der Waals surface area contributed by atoms with Crippen LogP contribution in [0.25, 0.3) is 0 Å². The molecule has 16 heavy (non-hydrogen) atoms. The second-order valence-corrected chi connectivity index (χ2v) is 5.96. The number of nitrogens with one attached hydrogen (secondary N) is 1. The molecule has 0 saturated heterocycles. The minimum atomic E-state index is 0.325. The largest absolute Gasteiger partial charge is 0.375 e. The Morgan fingerprint density at radius 3 is 2.81 bits per heavy atom. The van der Waals surface area contributed by atoms with Gasteiger partial charge in [0, 0.05) is 18.1 Å².